The zero-order valence-electron chi connectivity index (χ0n) is 12.1. The summed E-state index contributed by atoms with van der Waals surface area (Å²) in [4.78, 5) is 11.9. The van der Waals surface area contributed by atoms with Crippen molar-refractivity contribution in [3.63, 3.8) is 0 Å². The highest BCUT2D eigenvalue weighted by atomic mass is 35.5. The van der Waals surface area contributed by atoms with Gasteiger partial charge in [0.25, 0.3) is 5.91 Å². The van der Waals surface area contributed by atoms with Crippen LogP contribution in [0.15, 0.2) is 18.2 Å². The number of rotatable bonds is 4. The molecule has 0 unspecified atom stereocenters. The Morgan fingerprint density at radius 2 is 2.05 bits per heavy atom. The molecule has 2 rings (SSSR count). The first-order valence-corrected chi connectivity index (χ1v) is 7.60. The number of ether oxygens (including phenoxy) is 1. The van der Waals surface area contributed by atoms with Crippen LogP contribution in [0.3, 0.4) is 0 Å². The maximum atomic E-state index is 11.9. The SMILES string of the molecule is Cc1cc(OCC(=O)NC2CCC(C)CC2)ccc1Cl. The Morgan fingerprint density at radius 3 is 2.70 bits per heavy atom. The molecule has 1 amide bonds. The number of benzene rings is 1. The highest BCUT2D eigenvalue weighted by Gasteiger charge is 2.19. The molecule has 0 aromatic heterocycles. The van der Waals surface area contributed by atoms with E-state index in [9.17, 15) is 4.79 Å². The molecular formula is C16H22ClNO2. The summed E-state index contributed by atoms with van der Waals surface area (Å²) in [6, 6.07) is 5.73. The van der Waals surface area contributed by atoms with E-state index in [1.807, 2.05) is 13.0 Å². The Kier molecular flexibility index (Phi) is 5.30. The first kappa shape index (κ1) is 15.2. The fraction of sp³-hybridized carbons (Fsp3) is 0.562. The van der Waals surface area contributed by atoms with Gasteiger partial charge in [0.05, 0.1) is 0 Å². The molecule has 1 aliphatic carbocycles. The van der Waals surface area contributed by atoms with Crippen molar-refractivity contribution in [2.24, 2.45) is 5.92 Å². The Hall–Kier alpha value is -1.22. The van der Waals surface area contributed by atoms with Gasteiger partial charge in [0.1, 0.15) is 5.75 Å². The molecule has 1 aromatic carbocycles. The Morgan fingerprint density at radius 1 is 1.35 bits per heavy atom. The highest BCUT2D eigenvalue weighted by molar-refractivity contribution is 6.31. The van der Waals surface area contributed by atoms with Gasteiger partial charge in [0.15, 0.2) is 6.61 Å². The molecule has 1 fully saturated rings. The summed E-state index contributed by atoms with van der Waals surface area (Å²) in [7, 11) is 0. The van der Waals surface area contributed by atoms with E-state index in [0.717, 1.165) is 24.3 Å². The van der Waals surface area contributed by atoms with Gasteiger partial charge < -0.3 is 10.1 Å². The largest absolute Gasteiger partial charge is 0.484 e. The number of carbonyl (C=O) groups excluding carboxylic acids is 1. The number of hydrogen-bond acceptors (Lipinski definition) is 2. The monoisotopic (exact) mass is 295 g/mol. The lowest BCUT2D eigenvalue weighted by atomic mass is 9.87. The van der Waals surface area contributed by atoms with Crippen molar-refractivity contribution in [1.29, 1.82) is 0 Å². The lowest BCUT2D eigenvalue weighted by Gasteiger charge is -2.26. The average molecular weight is 296 g/mol. The predicted octanol–water partition coefficient (Wildman–Crippen LogP) is 3.72. The summed E-state index contributed by atoms with van der Waals surface area (Å²) in [5.74, 6) is 1.42. The molecule has 0 bridgehead atoms. The van der Waals surface area contributed by atoms with Crippen LogP contribution in [0.1, 0.15) is 38.2 Å². The van der Waals surface area contributed by atoms with Crippen molar-refractivity contribution >= 4 is 17.5 Å². The molecular weight excluding hydrogens is 274 g/mol. The third-order valence-corrected chi connectivity index (χ3v) is 4.30. The molecule has 0 saturated heterocycles. The number of hydrogen-bond donors (Lipinski definition) is 1. The van der Waals surface area contributed by atoms with Crippen LogP contribution in [0.2, 0.25) is 5.02 Å². The van der Waals surface area contributed by atoms with Crippen LogP contribution in [0.4, 0.5) is 0 Å². The molecule has 1 aliphatic rings. The van der Waals surface area contributed by atoms with Gasteiger partial charge in [-0.15, -0.1) is 0 Å². The van der Waals surface area contributed by atoms with E-state index < -0.39 is 0 Å². The maximum absolute atomic E-state index is 11.9. The van der Waals surface area contributed by atoms with Crippen LogP contribution in [-0.4, -0.2) is 18.6 Å². The number of aryl methyl sites for hydroxylation is 1. The third kappa shape index (κ3) is 4.41. The minimum Gasteiger partial charge on any atom is -0.484 e. The fourth-order valence-electron chi connectivity index (χ4n) is 2.53. The van der Waals surface area contributed by atoms with Gasteiger partial charge >= 0.3 is 0 Å². The zero-order valence-corrected chi connectivity index (χ0v) is 12.9. The summed E-state index contributed by atoms with van der Waals surface area (Å²) in [6.45, 7) is 4.25. The van der Waals surface area contributed by atoms with Gasteiger partial charge in [-0.25, -0.2) is 0 Å². The highest BCUT2D eigenvalue weighted by Crippen LogP contribution is 2.23. The second kappa shape index (κ2) is 6.98. The van der Waals surface area contributed by atoms with E-state index in [1.165, 1.54) is 12.8 Å². The summed E-state index contributed by atoms with van der Waals surface area (Å²) in [5, 5.41) is 3.75. The number of amides is 1. The van der Waals surface area contributed by atoms with Crippen LogP contribution >= 0.6 is 11.6 Å². The van der Waals surface area contributed by atoms with Crippen molar-refractivity contribution in [1.82, 2.24) is 5.32 Å². The minimum atomic E-state index is -0.0443. The Bertz CT molecular complexity index is 468. The lowest BCUT2D eigenvalue weighted by Crippen LogP contribution is -2.39. The molecule has 1 saturated carbocycles. The van der Waals surface area contributed by atoms with Gasteiger partial charge in [0.2, 0.25) is 0 Å². The van der Waals surface area contributed by atoms with Gasteiger partial charge in [0, 0.05) is 11.1 Å². The van der Waals surface area contributed by atoms with Crippen LogP contribution in [0.25, 0.3) is 0 Å². The molecule has 1 aromatic rings. The van der Waals surface area contributed by atoms with E-state index in [0.29, 0.717) is 16.8 Å². The predicted molar refractivity (Wildman–Crippen MR) is 81.2 cm³/mol. The first-order chi connectivity index (χ1) is 9.54. The number of carbonyl (C=O) groups is 1. The van der Waals surface area contributed by atoms with Crippen molar-refractivity contribution in [2.45, 2.75) is 45.6 Å². The van der Waals surface area contributed by atoms with Gasteiger partial charge in [-0.1, -0.05) is 18.5 Å². The van der Waals surface area contributed by atoms with Gasteiger partial charge in [-0.2, -0.15) is 0 Å². The van der Waals surface area contributed by atoms with Gasteiger partial charge in [-0.05, 0) is 62.3 Å². The second-order valence-electron chi connectivity index (χ2n) is 5.72. The average Bonchev–Trinajstić information content (AvgIpc) is 2.43. The minimum absolute atomic E-state index is 0.0443. The van der Waals surface area contributed by atoms with Crippen molar-refractivity contribution in [2.75, 3.05) is 6.61 Å². The smallest absolute Gasteiger partial charge is 0.258 e. The molecule has 110 valence electrons. The standard InChI is InChI=1S/C16H22ClNO2/c1-11-3-5-13(6-4-11)18-16(19)10-20-14-7-8-15(17)12(2)9-14/h7-9,11,13H,3-6,10H2,1-2H3,(H,18,19). The number of nitrogens with one attached hydrogen (secondary N) is 1. The lowest BCUT2D eigenvalue weighted by molar-refractivity contribution is -0.124. The molecule has 0 spiro atoms. The molecule has 1 N–H and O–H groups in total. The Labute approximate surface area is 125 Å². The molecule has 0 aliphatic heterocycles. The molecule has 0 radical (unpaired) electrons. The molecule has 0 atom stereocenters. The summed E-state index contributed by atoms with van der Waals surface area (Å²) < 4.78 is 5.50. The summed E-state index contributed by atoms with van der Waals surface area (Å²) in [6.07, 6.45) is 4.55. The first-order valence-electron chi connectivity index (χ1n) is 7.23. The van der Waals surface area contributed by atoms with Crippen LogP contribution < -0.4 is 10.1 Å². The molecule has 4 heteroatoms. The van der Waals surface area contributed by atoms with Crippen molar-refractivity contribution in [3.05, 3.63) is 28.8 Å². The second-order valence-corrected chi connectivity index (χ2v) is 6.13. The van der Waals surface area contributed by atoms with E-state index in [2.05, 4.69) is 12.2 Å². The van der Waals surface area contributed by atoms with E-state index in [4.69, 9.17) is 16.3 Å². The topological polar surface area (TPSA) is 38.3 Å². The van der Waals surface area contributed by atoms with Crippen LogP contribution in [0, 0.1) is 12.8 Å². The van der Waals surface area contributed by atoms with Gasteiger partial charge in [-0.3, -0.25) is 4.79 Å². The van der Waals surface area contributed by atoms with E-state index in [1.54, 1.807) is 12.1 Å². The fourth-order valence-corrected chi connectivity index (χ4v) is 2.65. The summed E-state index contributed by atoms with van der Waals surface area (Å²) >= 11 is 5.95. The van der Waals surface area contributed by atoms with E-state index >= 15 is 0 Å². The Balaban J connectivity index is 1.76. The molecule has 3 nitrogen and oxygen atoms in total. The third-order valence-electron chi connectivity index (χ3n) is 3.88. The van der Waals surface area contributed by atoms with E-state index in [-0.39, 0.29) is 12.5 Å². The number of halogens is 1. The van der Waals surface area contributed by atoms with Crippen molar-refractivity contribution < 1.29 is 9.53 Å². The van der Waals surface area contributed by atoms with Crippen LogP contribution in [0.5, 0.6) is 5.75 Å². The summed E-state index contributed by atoms with van der Waals surface area (Å²) in [5.41, 5.74) is 0.950. The zero-order chi connectivity index (χ0) is 14.5. The quantitative estimate of drug-likeness (QED) is 0.919. The normalized spacial score (nSPS) is 22.4. The molecule has 20 heavy (non-hydrogen) atoms. The maximum Gasteiger partial charge on any atom is 0.258 e. The van der Waals surface area contributed by atoms with Crippen LogP contribution in [-0.2, 0) is 4.79 Å². The van der Waals surface area contributed by atoms with Crippen molar-refractivity contribution in [3.8, 4) is 5.75 Å². The molecule has 0 heterocycles.